The topological polar surface area (TPSA) is 162 Å². The van der Waals surface area contributed by atoms with E-state index in [9.17, 15) is 21.9 Å². The second-order valence-electron chi connectivity index (χ2n) is 9.50. The average molecular weight is 621 g/mol. The molecule has 3 rings (SSSR count). The molecule has 0 aliphatic heterocycles. The summed E-state index contributed by atoms with van der Waals surface area (Å²) in [6.07, 6.45) is 1.47. The molecular formula is C26H36O13S2. The van der Waals surface area contributed by atoms with Crippen LogP contribution in [0.25, 0.3) is 11.1 Å². The van der Waals surface area contributed by atoms with E-state index in [0.29, 0.717) is 28.0 Å². The molecule has 1 aliphatic carbocycles. The van der Waals surface area contributed by atoms with E-state index in [-0.39, 0.29) is 41.6 Å². The molecule has 0 fully saturated rings. The fourth-order valence-electron chi connectivity index (χ4n) is 4.99. The molecule has 0 aromatic heterocycles. The summed E-state index contributed by atoms with van der Waals surface area (Å²) in [6.45, 7) is -1.18. The van der Waals surface area contributed by atoms with Gasteiger partial charge in [-0.25, -0.2) is 0 Å². The van der Waals surface area contributed by atoms with Crippen LogP contribution in [0.3, 0.4) is 0 Å². The van der Waals surface area contributed by atoms with Gasteiger partial charge in [0.05, 0.1) is 74.0 Å². The molecular weight excluding hydrogens is 584 g/mol. The highest BCUT2D eigenvalue weighted by Crippen LogP contribution is 2.56. The molecule has 0 saturated heterocycles. The second-order valence-corrected chi connectivity index (χ2v) is 12.8. The minimum Gasteiger partial charge on any atom is -0.493 e. The zero-order chi connectivity index (χ0) is 30.8. The van der Waals surface area contributed by atoms with Crippen LogP contribution in [-0.2, 0) is 41.4 Å². The first kappa shape index (κ1) is 32.5. The maximum absolute atomic E-state index is 12.1. The van der Waals surface area contributed by atoms with Gasteiger partial charge in [0, 0.05) is 23.5 Å². The van der Waals surface area contributed by atoms with Crippen molar-refractivity contribution in [3.8, 4) is 45.6 Å². The van der Waals surface area contributed by atoms with Gasteiger partial charge in [0.1, 0.15) is 0 Å². The van der Waals surface area contributed by atoms with Gasteiger partial charge in [-0.05, 0) is 29.7 Å². The Bertz CT molecular complexity index is 1490. The van der Waals surface area contributed by atoms with E-state index in [2.05, 4.69) is 0 Å². The Morgan fingerprint density at radius 1 is 0.707 bits per heavy atom. The molecule has 2 aromatic carbocycles. The number of ether oxygens (including phenoxy) is 6. The molecule has 0 unspecified atom stereocenters. The van der Waals surface area contributed by atoms with E-state index in [4.69, 9.17) is 36.8 Å². The molecule has 2 aromatic rings. The number of hydrogen-bond acceptors (Lipinski definition) is 13. The Labute approximate surface area is 240 Å². The summed E-state index contributed by atoms with van der Waals surface area (Å²) in [5.74, 6) is 0.595. The van der Waals surface area contributed by atoms with Crippen LogP contribution >= 0.6 is 0 Å². The van der Waals surface area contributed by atoms with Gasteiger partial charge in [-0.3, -0.25) is 8.37 Å². The van der Waals surface area contributed by atoms with E-state index >= 15 is 0 Å². The highest BCUT2D eigenvalue weighted by Gasteiger charge is 2.44. The molecule has 0 radical (unpaired) electrons. The quantitative estimate of drug-likeness (QED) is 0.342. The third-order valence-corrected chi connectivity index (χ3v) is 7.91. The summed E-state index contributed by atoms with van der Waals surface area (Å²) >= 11 is 0. The summed E-state index contributed by atoms with van der Waals surface area (Å²) in [7, 11) is 0.706. The van der Waals surface area contributed by atoms with E-state index in [1.54, 1.807) is 12.1 Å². The molecule has 0 saturated carbocycles. The van der Waals surface area contributed by atoms with E-state index in [1.807, 2.05) is 0 Å². The zero-order valence-electron chi connectivity index (χ0n) is 24.2. The summed E-state index contributed by atoms with van der Waals surface area (Å²) < 4.78 is 92.2. The van der Waals surface area contributed by atoms with Crippen molar-refractivity contribution in [3.63, 3.8) is 0 Å². The highest BCUT2D eigenvalue weighted by atomic mass is 32.2. The van der Waals surface area contributed by atoms with Crippen molar-refractivity contribution in [3.05, 3.63) is 23.3 Å². The molecule has 1 N–H and O–H groups in total. The van der Waals surface area contributed by atoms with E-state index in [0.717, 1.165) is 12.5 Å². The first-order valence-corrected chi connectivity index (χ1v) is 15.8. The summed E-state index contributed by atoms with van der Waals surface area (Å²) in [4.78, 5) is 0. The van der Waals surface area contributed by atoms with E-state index < -0.39 is 45.0 Å². The number of hydrogen-bond donors (Lipinski definition) is 1. The number of benzene rings is 2. The van der Waals surface area contributed by atoms with Gasteiger partial charge in [-0.15, -0.1) is 0 Å². The van der Waals surface area contributed by atoms with Gasteiger partial charge >= 0.3 is 0 Å². The van der Waals surface area contributed by atoms with Crippen molar-refractivity contribution in [1.82, 2.24) is 0 Å². The van der Waals surface area contributed by atoms with Crippen molar-refractivity contribution >= 4 is 20.2 Å². The standard InChI is InChI=1S/C26H36O13S2/c1-32-18-10-15-9-17(13-38-40(7,28)29)26(27,14-39-41(8,30)31)12-16-11-19(33-2)23(35-4)25(37-6)21(16)20(15)24(36-5)22(18)34-3/h10-11,17,27H,9,12-14H2,1-8H3/t17-,26-/m0/s1. The molecule has 13 nitrogen and oxygen atoms in total. The van der Waals surface area contributed by atoms with Crippen LogP contribution in [0.4, 0.5) is 0 Å². The predicted octanol–water partition coefficient (Wildman–Crippen LogP) is 1.80. The van der Waals surface area contributed by atoms with Crippen LogP contribution in [-0.4, -0.2) is 95.9 Å². The summed E-state index contributed by atoms with van der Waals surface area (Å²) in [5.41, 5.74) is -0.0852. The fourth-order valence-corrected chi connectivity index (χ4v) is 5.82. The third kappa shape index (κ3) is 6.92. The van der Waals surface area contributed by atoms with Crippen LogP contribution in [0.15, 0.2) is 12.1 Å². The van der Waals surface area contributed by atoms with E-state index in [1.165, 1.54) is 42.7 Å². The summed E-state index contributed by atoms with van der Waals surface area (Å²) in [5, 5.41) is 12.1. The molecule has 15 heteroatoms. The second kappa shape index (κ2) is 12.5. The Kier molecular flexibility index (Phi) is 9.91. The maximum Gasteiger partial charge on any atom is 0.264 e. The average Bonchev–Trinajstić information content (AvgIpc) is 2.90. The van der Waals surface area contributed by atoms with Crippen LogP contribution in [0, 0.1) is 5.92 Å². The number of rotatable bonds is 12. The molecule has 230 valence electrons. The van der Waals surface area contributed by atoms with Gasteiger partial charge in [0.2, 0.25) is 11.5 Å². The first-order chi connectivity index (χ1) is 19.2. The number of aliphatic hydroxyl groups is 1. The predicted molar refractivity (Wildman–Crippen MR) is 149 cm³/mol. The largest absolute Gasteiger partial charge is 0.493 e. The molecule has 0 bridgehead atoms. The normalized spacial score (nSPS) is 18.8. The fraction of sp³-hybridized carbons (Fsp3) is 0.538. The molecule has 1 aliphatic rings. The lowest BCUT2D eigenvalue weighted by molar-refractivity contribution is -0.0646. The Morgan fingerprint density at radius 3 is 1.56 bits per heavy atom. The van der Waals surface area contributed by atoms with Crippen molar-refractivity contribution in [2.24, 2.45) is 5.92 Å². The van der Waals surface area contributed by atoms with Gasteiger partial charge in [-0.2, -0.15) is 16.8 Å². The number of fused-ring (bicyclic) bond motifs is 3. The smallest absolute Gasteiger partial charge is 0.264 e. The lowest BCUT2D eigenvalue weighted by atomic mass is 9.74. The molecule has 0 amide bonds. The van der Waals surface area contributed by atoms with Gasteiger partial charge in [-0.1, -0.05) is 0 Å². The monoisotopic (exact) mass is 620 g/mol. The van der Waals surface area contributed by atoms with Gasteiger partial charge in [0.15, 0.2) is 23.0 Å². The van der Waals surface area contributed by atoms with Crippen LogP contribution < -0.4 is 28.4 Å². The number of methoxy groups -OCH3 is 6. The Balaban J connectivity index is 2.50. The van der Waals surface area contributed by atoms with Crippen molar-refractivity contribution in [2.45, 2.75) is 18.4 Å². The minimum atomic E-state index is -4.00. The first-order valence-electron chi connectivity index (χ1n) is 12.2. The summed E-state index contributed by atoms with van der Waals surface area (Å²) in [6, 6.07) is 3.27. The van der Waals surface area contributed by atoms with Crippen molar-refractivity contribution in [2.75, 3.05) is 68.4 Å². The van der Waals surface area contributed by atoms with Gasteiger partial charge in [0.25, 0.3) is 20.2 Å². The van der Waals surface area contributed by atoms with Crippen LogP contribution in [0.5, 0.6) is 34.5 Å². The molecule has 2 atom stereocenters. The maximum atomic E-state index is 12.1. The van der Waals surface area contributed by atoms with Gasteiger partial charge < -0.3 is 33.5 Å². The molecule has 0 heterocycles. The van der Waals surface area contributed by atoms with Crippen molar-refractivity contribution < 1.29 is 58.7 Å². The molecule has 0 spiro atoms. The van der Waals surface area contributed by atoms with Crippen molar-refractivity contribution in [1.29, 1.82) is 0 Å². The highest BCUT2D eigenvalue weighted by molar-refractivity contribution is 7.86. The zero-order valence-corrected chi connectivity index (χ0v) is 25.9. The SMILES string of the molecule is COc1cc2c(c(OC)c1OC)-c1c(cc(OC)c(OC)c1OC)C[C@](O)(COS(C)(=O)=O)[C@H](COS(C)(=O)=O)C2. The van der Waals surface area contributed by atoms with Crippen LogP contribution in [0.2, 0.25) is 0 Å². The minimum absolute atomic E-state index is 0.0257. The lowest BCUT2D eigenvalue weighted by Gasteiger charge is -2.39. The lowest BCUT2D eigenvalue weighted by Crippen LogP contribution is -2.49. The Morgan fingerprint density at radius 2 is 1.15 bits per heavy atom. The third-order valence-electron chi connectivity index (χ3n) is 6.80. The Hall–Kier alpha value is -2.98. The molecule has 41 heavy (non-hydrogen) atoms. The van der Waals surface area contributed by atoms with Crippen LogP contribution in [0.1, 0.15) is 11.1 Å².